The normalized spacial score (nSPS) is 18.6. The lowest BCUT2D eigenvalue weighted by atomic mass is 10.1. The van der Waals surface area contributed by atoms with Crippen LogP contribution in [-0.2, 0) is 0 Å². The zero-order chi connectivity index (χ0) is 15.6. The topological polar surface area (TPSA) is 83.7 Å². The molecule has 6 nitrogen and oxygen atoms in total. The third kappa shape index (κ3) is 3.29. The van der Waals surface area contributed by atoms with E-state index in [9.17, 15) is 14.9 Å². The fraction of sp³-hybridized carbons (Fsp3) is 0.500. The minimum absolute atomic E-state index is 0.0337. The molecule has 0 bridgehead atoms. The van der Waals surface area contributed by atoms with Crippen LogP contribution in [0, 0.1) is 17.0 Å². The van der Waals surface area contributed by atoms with Gasteiger partial charge in [-0.2, -0.15) is 11.8 Å². The van der Waals surface area contributed by atoms with Crippen LogP contribution in [0.3, 0.4) is 0 Å². The number of aromatic carboxylic acids is 1. The van der Waals surface area contributed by atoms with Gasteiger partial charge in [0.25, 0.3) is 5.69 Å². The summed E-state index contributed by atoms with van der Waals surface area (Å²) >= 11 is 1.90. The Hall–Kier alpha value is -1.76. The molecular weight excluding hydrogens is 292 g/mol. The van der Waals surface area contributed by atoms with Crippen LogP contribution in [0.25, 0.3) is 0 Å². The number of nitrogens with zero attached hydrogens (tertiary/aromatic N) is 2. The highest BCUT2D eigenvalue weighted by molar-refractivity contribution is 8.00. The third-order valence-corrected chi connectivity index (χ3v) is 5.10. The molecule has 7 heteroatoms. The average Bonchev–Trinajstić information content (AvgIpc) is 2.46. The molecule has 1 aromatic rings. The van der Waals surface area contributed by atoms with E-state index in [2.05, 4.69) is 11.8 Å². The van der Waals surface area contributed by atoms with Gasteiger partial charge < -0.3 is 10.0 Å². The first-order chi connectivity index (χ1) is 9.93. The molecule has 1 aromatic carbocycles. The molecule has 1 aliphatic heterocycles. The van der Waals surface area contributed by atoms with Crippen LogP contribution in [0.1, 0.15) is 29.3 Å². The van der Waals surface area contributed by atoms with Crippen molar-refractivity contribution < 1.29 is 14.8 Å². The largest absolute Gasteiger partial charge is 0.478 e. The molecule has 0 radical (unpaired) electrons. The van der Waals surface area contributed by atoms with Crippen molar-refractivity contribution in [3.05, 3.63) is 33.4 Å². The first kappa shape index (κ1) is 15.6. The number of benzene rings is 1. The average molecular weight is 310 g/mol. The fourth-order valence-corrected chi connectivity index (χ4v) is 3.69. The highest BCUT2D eigenvalue weighted by Gasteiger charge is 2.25. The number of hydrogen-bond acceptors (Lipinski definition) is 5. The van der Waals surface area contributed by atoms with Crippen LogP contribution >= 0.6 is 11.8 Å². The molecule has 1 saturated heterocycles. The van der Waals surface area contributed by atoms with Gasteiger partial charge in [-0.05, 0) is 19.4 Å². The van der Waals surface area contributed by atoms with Gasteiger partial charge in [-0.3, -0.25) is 10.1 Å². The van der Waals surface area contributed by atoms with Crippen molar-refractivity contribution in [1.82, 2.24) is 0 Å². The van der Waals surface area contributed by atoms with E-state index in [1.807, 2.05) is 11.8 Å². The molecule has 0 aromatic heterocycles. The zero-order valence-electron chi connectivity index (χ0n) is 12.0. The van der Waals surface area contributed by atoms with E-state index in [0.29, 0.717) is 16.5 Å². The summed E-state index contributed by atoms with van der Waals surface area (Å²) in [7, 11) is 0. The standard InChI is InChI=1S/C14H18N2O4S/c1-3-11-8-15(4-5-21-11)12-6-10(14(17)18)7-13(9(12)2)16(19)20/h6-7,11H,3-5,8H2,1-2H3,(H,17,18). The van der Waals surface area contributed by atoms with E-state index in [1.165, 1.54) is 0 Å². The lowest BCUT2D eigenvalue weighted by Crippen LogP contribution is -2.38. The number of anilines is 1. The first-order valence-corrected chi connectivity index (χ1v) is 7.87. The number of carboxylic acids is 1. The van der Waals surface area contributed by atoms with Gasteiger partial charge in [0.1, 0.15) is 0 Å². The molecule has 0 aliphatic carbocycles. The Labute approximate surface area is 127 Å². The number of hydrogen-bond donors (Lipinski definition) is 1. The molecule has 1 aliphatic rings. The van der Waals surface area contributed by atoms with Gasteiger partial charge in [0.2, 0.25) is 0 Å². The van der Waals surface area contributed by atoms with Gasteiger partial charge in [0.05, 0.1) is 16.1 Å². The monoisotopic (exact) mass is 310 g/mol. The molecule has 114 valence electrons. The summed E-state index contributed by atoms with van der Waals surface area (Å²) in [6.07, 6.45) is 1.03. The van der Waals surface area contributed by atoms with E-state index < -0.39 is 10.9 Å². The molecule has 1 unspecified atom stereocenters. The number of thioether (sulfide) groups is 1. The minimum Gasteiger partial charge on any atom is -0.478 e. The predicted molar refractivity (Wildman–Crippen MR) is 83.5 cm³/mol. The number of nitro groups is 1. The summed E-state index contributed by atoms with van der Waals surface area (Å²) in [4.78, 5) is 23.9. The van der Waals surface area contributed by atoms with E-state index >= 15 is 0 Å². The number of nitro benzene ring substituents is 1. The molecule has 1 N–H and O–H groups in total. The lowest BCUT2D eigenvalue weighted by Gasteiger charge is -2.34. The summed E-state index contributed by atoms with van der Waals surface area (Å²) in [5.74, 6) is -0.193. The maximum Gasteiger partial charge on any atom is 0.336 e. The van der Waals surface area contributed by atoms with Crippen molar-refractivity contribution in [2.24, 2.45) is 0 Å². The van der Waals surface area contributed by atoms with Gasteiger partial charge >= 0.3 is 5.97 Å². The molecular formula is C14H18N2O4S. The van der Waals surface area contributed by atoms with Gasteiger partial charge in [-0.1, -0.05) is 6.92 Å². The van der Waals surface area contributed by atoms with E-state index in [1.54, 1.807) is 13.0 Å². The van der Waals surface area contributed by atoms with Crippen LogP contribution in [0.15, 0.2) is 12.1 Å². The van der Waals surface area contributed by atoms with Gasteiger partial charge in [0.15, 0.2) is 0 Å². The SMILES string of the molecule is CCC1CN(c2cc(C(=O)O)cc([N+](=O)[O-])c2C)CCS1. The van der Waals surface area contributed by atoms with Crippen molar-refractivity contribution in [3.63, 3.8) is 0 Å². The Bertz CT molecular complexity index is 576. The second-order valence-corrected chi connectivity index (χ2v) is 6.46. The Morgan fingerprint density at radius 1 is 1.57 bits per heavy atom. The van der Waals surface area contributed by atoms with Crippen molar-refractivity contribution in [2.45, 2.75) is 25.5 Å². The van der Waals surface area contributed by atoms with Gasteiger partial charge in [-0.15, -0.1) is 0 Å². The van der Waals surface area contributed by atoms with Gasteiger partial charge in [-0.25, -0.2) is 4.79 Å². The molecule has 0 saturated carbocycles. The zero-order valence-corrected chi connectivity index (χ0v) is 12.9. The Balaban J connectivity index is 2.46. The summed E-state index contributed by atoms with van der Waals surface area (Å²) in [5.41, 5.74) is 1.04. The quantitative estimate of drug-likeness (QED) is 0.680. The van der Waals surface area contributed by atoms with Crippen LogP contribution in [0.2, 0.25) is 0 Å². The number of rotatable bonds is 4. The Kier molecular flexibility index (Phi) is 4.72. The highest BCUT2D eigenvalue weighted by atomic mass is 32.2. The van der Waals surface area contributed by atoms with Crippen molar-refractivity contribution in [3.8, 4) is 0 Å². The summed E-state index contributed by atoms with van der Waals surface area (Å²) in [5, 5.41) is 20.8. The lowest BCUT2D eigenvalue weighted by molar-refractivity contribution is -0.385. The second-order valence-electron chi connectivity index (χ2n) is 5.05. The highest BCUT2D eigenvalue weighted by Crippen LogP contribution is 2.33. The Morgan fingerprint density at radius 2 is 2.29 bits per heavy atom. The number of carbonyl (C=O) groups is 1. The van der Waals surface area contributed by atoms with E-state index in [4.69, 9.17) is 5.11 Å². The van der Waals surface area contributed by atoms with Crippen molar-refractivity contribution >= 4 is 29.1 Å². The van der Waals surface area contributed by atoms with E-state index in [0.717, 1.165) is 31.3 Å². The van der Waals surface area contributed by atoms with Crippen LogP contribution in [0.5, 0.6) is 0 Å². The van der Waals surface area contributed by atoms with Crippen molar-refractivity contribution in [2.75, 3.05) is 23.7 Å². The summed E-state index contributed by atoms with van der Waals surface area (Å²) in [6, 6.07) is 2.69. The predicted octanol–water partition coefficient (Wildman–Crippen LogP) is 2.93. The van der Waals surface area contributed by atoms with E-state index in [-0.39, 0.29) is 11.3 Å². The van der Waals surface area contributed by atoms with Crippen molar-refractivity contribution in [1.29, 1.82) is 0 Å². The minimum atomic E-state index is -1.14. The maximum atomic E-state index is 11.2. The summed E-state index contributed by atoms with van der Waals surface area (Å²) < 4.78 is 0. The molecule has 1 fully saturated rings. The maximum absolute atomic E-state index is 11.2. The first-order valence-electron chi connectivity index (χ1n) is 6.83. The molecule has 21 heavy (non-hydrogen) atoms. The van der Waals surface area contributed by atoms with Crippen LogP contribution in [0.4, 0.5) is 11.4 Å². The third-order valence-electron chi connectivity index (χ3n) is 3.73. The molecule has 1 heterocycles. The second kappa shape index (κ2) is 6.34. The number of carboxylic acid groups (broad SMARTS) is 1. The van der Waals surface area contributed by atoms with Crippen LogP contribution < -0.4 is 4.90 Å². The van der Waals surface area contributed by atoms with Gasteiger partial charge in [0, 0.05) is 35.8 Å². The molecule has 0 amide bonds. The van der Waals surface area contributed by atoms with Crippen LogP contribution in [-0.4, -0.2) is 40.1 Å². The molecule has 1 atom stereocenters. The molecule has 0 spiro atoms. The summed E-state index contributed by atoms with van der Waals surface area (Å²) in [6.45, 7) is 5.37. The molecule has 2 rings (SSSR count). The fourth-order valence-electron chi connectivity index (χ4n) is 2.51. The smallest absolute Gasteiger partial charge is 0.336 e. The Morgan fingerprint density at radius 3 is 2.86 bits per heavy atom.